The number of piperidine rings is 1. The van der Waals surface area contributed by atoms with Crippen molar-refractivity contribution in [3.8, 4) is 0 Å². The summed E-state index contributed by atoms with van der Waals surface area (Å²) in [6.45, 7) is 0.708. The number of benzene rings is 1. The SMILES string of the molecule is NC(=S)C1CCCCN1C(=O)c1cc(Br)ccc1Br. The van der Waals surface area contributed by atoms with Crippen molar-refractivity contribution in [1.82, 2.24) is 4.90 Å². The van der Waals surface area contributed by atoms with Crippen LogP contribution < -0.4 is 5.73 Å². The van der Waals surface area contributed by atoms with Crippen molar-refractivity contribution >= 4 is 55.0 Å². The summed E-state index contributed by atoms with van der Waals surface area (Å²) in [5.74, 6) is -0.0225. The Morgan fingerprint density at radius 2 is 2.11 bits per heavy atom. The van der Waals surface area contributed by atoms with E-state index in [9.17, 15) is 4.79 Å². The van der Waals surface area contributed by atoms with Gasteiger partial charge in [-0.2, -0.15) is 0 Å². The molecule has 0 aliphatic carbocycles. The Kier molecular flexibility index (Phi) is 4.97. The van der Waals surface area contributed by atoms with Gasteiger partial charge in [0.05, 0.1) is 16.6 Å². The summed E-state index contributed by atoms with van der Waals surface area (Å²) in [6.07, 6.45) is 2.91. The van der Waals surface area contributed by atoms with Gasteiger partial charge in [0, 0.05) is 15.5 Å². The molecule has 2 N–H and O–H groups in total. The number of halogens is 2. The third-order valence-electron chi connectivity index (χ3n) is 3.25. The molecule has 1 aromatic rings. The molecule has 0 aromatic heterocycles. The molecule has 0 radical (unpaired) electrons. The number of amides is 1. The monoisotopic (exact) mass is 404 g/mol. The number of hydrogen-bond acceptors (Lipinski definition) is 2. The van der Waals surface area contributed by atoms with Gasteiger partial charge in [-0.15, -0.1) is 0 Å². The van der Waals surface area contributed by atoms with Crippen molar-refractivity contribution in [1.29, 1.82) is 0 Å². The molecule has 0 saturated carbocycles. The molecule has 3 nitrogen and oxygen atoms in total. The molecule has 1 aliphatic heterocycles. The number of nitrogens with zero attached hydrogens (tertiary/aromatic N) is 1. The number of thiocarbonyl (C=S) groups is 1. The zero-order chi connectivity index (χ0) is 14.0. The third kappa shape index (κ3) is 3.35. The minimum atomic E-state index is -0.123. The van der Waals surface area contributed by atoms with Gasteiger partial charge in [-0.25, -0.2) is 0 Å². The fourth-order valence-corrected chi connectivity index (χ4v) is 3.31. The predicted octanol–water partition coefficient (Wildman–Crippen LogP) is 3.49. The summed E-state index contributed by atoms with van der Waals surface area (Å²) in [5.41, 5.74) is 6.39. The van der Waals surface area contributed by atoms with E-state index in [4.69, 9.17) is 18.0 Å². The van der Waals surface area contributed by atoms with Gasteiger partial charge >= 0.3 is 0 Å². The van der Waals surface area contributed by atoms with Crippen LogP contribution in [0.25, 0.3) is 0 Å². The van der Waals surface area contributed by atoms with Crippen molar-refractivity contribution in [3.05, 3.63) is 32.7 Å². The lowest BCUT2D eigenvalue weighted by Gasteiger charge is -2.35. The maximum atomic E-state index is 12.6. The largest absolute Gasteiger partial charge is 0.392 e. The maximum Gasteiger partial charge on any atom is 0.255 e. The minimum absolute atomic E-state index is 0.0225. The van der Waals surface area contributed by atoms with Gasteiger partial charge in [-0.1, -0.05) is 28.1 Å². The van der Waals surface area contributed by atoms with Crippen LogP contribution in [0.15, 0.2) is 27.1 Å². The first-order valence-electron chi connectivity index (χ1n) is 6.06. The molecule has 1 unspecified atom stereocenters. The second-order valence-corrected chi connectivity index (χ2v) is 6.78. The van der Waals surface area contributed by atoms with E-state index in [-0.39, 0.29) is 11.9 Å². The highest BCUT2D eigenvalue weighted by molar-refractivity contribution is 9.11. The molecule has 1 fully saturated rings. The highest BCUT2D eigenvalue weighted by Crippen LogP contribution is 2.26. The Balaban J connectivity index is 2.31. The van der Waals surface area contributed by atoms with Crippen LogP contribution >= 0.6 is 44.1 Å². The van der Waals surface area contributed by atoms with Crippen LogP contribution in [0.3, 0.4) is 0 Å². The highest BCUT2D eigenvalue weighted by Gasteiger charge is 2.30. The van der Waals surface area contributed by atoms with E-state index in [1.165, 1.54) is 0 Å². The van der Waals surface area contributed by atoms with Crippen LogP contribution in [0.5, 0.6) is 0 Å². The van der Waals surface area contributed by atoms with Gasteiger partial charge in [-0.3, -0.25) is 4.79 Å². The van der Waals surface area contributed by atoms with Gasteiger partial charge in [0.2, 0.25) is 0 Å². The summed E-state index contributed by atoms with van der Waals surface area (Å²) < 4.78 is 1.66. The van der Waals surface area contributed by atoms with Crippen LogP contribution in [0.2, 0.25) is 0 Å². The van der Waals surface area contributed by atoms with Crippen LogP contribution in [0.1, 0.15) is 29.6 Å². The second kappa shape index (κ2) is 6.33. The van der Waals surface area contributed by atoms with E-state index in [1.54, 1.807) is 4.90 Å². The molecule has 1 aliphatic rings. The van der Waals surface area contributed by atoms with Gasteiger partial charge in [0.1, 0.15) is 0 Å². The van der Waals surface area contributed by atoms with Gasteiger partial charge < -0.3 is 10.6 Å². The first-order valence-corrected chi connectivity index (χ1v) is 8.05. The quantitative estimate of drug-likeness (QED) is 0.766. The number of nitrogens with two attached hydrogens (primary N) is 1. The number of carbonyl (C=O) groups excluding carboxylic acids is 1. The molecule has 1 atom stereocenters. The van der Waals surface area contributed by atoms with E-state index < -0.39 is 0 Å². The standard InChI is InChI=1S/C13H14Br2N2OS/c14-8-4-5-10(15)9(7-8)13(18)17-6-2-1-3-11(17)12(16)19/h4-5,7,11H,1-3,6H2,(H2,16,19). The fraction of sp³-hybridized carbons (Fsp3) is 0.385. The number of likely N-dealkylation sites (tertiary alicyclic amines) is 1. The molecule has 19 heavy (non-hydrogen) atoms. The minimum Gasteiger partial charge on any atom is -0.392 e. The Bertz CT molecular complexity index is 521. The molecule has 102 valence electrons. The van der Waals surface area contributed by atoms with Crippen molar-refractivity contribution < 1.29 is 4.79 Å². The van der Waals surface area contributed by atoms with Gasteiger partial charge in [0.25, 0.3) is 5.91 Å². The summed E-state index contributed by atoms with van der Waals surface area (Å²) in [4.78, 5) is 14.8. The average Bonchev–Trinajstić information content (AvgIpc) is 2.40. The molecule has 0 spiro atoms. The van der Waals surface area contributed by atoms with E-state index in [0.717, 1.165) is 28.2 Å². The topological polar surface area (TPSA) is 46.3 Å². The van der Waals surface area contributed by atoms with Crippen molar-refractivity contribution in [3.63, 3.8) is 0 Å². The average molecular weight is 406 g/mol. The number of hydrogen-bond donors (Lipinski definition) is 1. The summed E-state index contributed by atoms with van der Waals surface area (Å²) >= 11 is 11.9. The van der Waals surface area contributed by atoms with Gasteiger partial charge in [-0.05, 0) is 53.4 Å². The molecule has 1 heterocycles. The fourth-order valence-electron chi connectivity index (χ4n) is 2.29. The first-order chi connectivity index (χ1) is 9.00. The Morgan fingerprint density at radius 1 is 1.37 bits per heavy atom. The highest BCUT2D eigenvalue weighted by atomic mass is 79.9. The lowest BCUT2D eigenvalue weighted by atomic mass is 10.0. The molecule has 0 bridgehead atoms. The molecule has 6 heteroatoms. The summed E-state index contributed by atoms with van der Waals surface area (Å²) in [7, 11) is 0. The molecular weight excluding hydrogens is 392 g/mol. The molecule has 1 aromatic carbocycles. The summed E-state index contributed by atoms with van der Waals surface area (Å²) in [5, 5.41) is 0. The molecule has 2 rings (SSSR count). The second-order valence-electron chi connectivity index (χ2n) is 4.54. The van der Waals surface area contributed by atoms with Gasteiger partial charge in [0.15, 0.2) is 0 Å². The predicted molar refractivity (Wildman–Crippen MR) is 87.3 cm³/mol. The third-order valence-corrected chi connectivity index (χ3v) is 4.71. The first kappa shape index (κ1) is 14.9. The Labute approximate surface area is 134 Å². The van der Waals surface area contributed by atoms with Crippen LogP contribution in [-0.4, -0.2) is 28.4 Å². The lowest BCUT2D eigenvalue weighted by Crippen LogP contribution is -2.49. The molecular formula is C13H14Br2N2OS. The van der Waals surface area contributed by atoms with Crippen molar-refractivity contribution in [2.75, 3.05) is 6.54 Å². The number of rotatable bonds is 2. The zero-order valence-corrected chi connectivity index (χ0v) is 14.2. The van der Waals surface area contributed by atoms with E-state index >= 15 is 0 Å². The van der Waals surface area contributed by atoms with Crippen molar-refractivity contribution in [2.45, 2.75) is 25.3 Å². The maximum absolute atomic E-state index is 12.6. The van der Waals surface area contributed by atoms with Crippen LogP contribution in [0, 0.1) is 0 Å². The van der Waals surface area contributed by atoms with E-state index in [0.29, 0.717) is 17.1 Å². The molecule has 1 amide bonds. The smallest absolute Gasteiger partial charge is 0.255 e. The van der Waals surface area contributed by atoms with Crippen LogP contribution in [0.4, 0.5) is 0 Å². The summed E-state index contributed by atoms with van der Waals surface area (Å²) in [6, 6.07) is 5.44. The Morgan fingerprint density at radius 3 is 2.79 bits per heavy atom. The van der Waals surface area contributed by atoms with Crippen LogP contribution in [-0.2, 0) is 0 Å². The number of carbonyl (C=O) groups is 1. The molecule has 1 saturated heterocycles. The zero-order valence-electron chi connectivity index (χ0n) is 10.2. The lowest BCUT2D eigenvalue weighted by molar-refractivity contribution is 0.0680. The van der Waals surface area contributed by atoms with Crippen molar-refractivity contribution in [2.24, 2.45) is 5.73 Å². The Hall–Kier alpha value is -0.460. The van der Waals surface area contributed by atoms with E-state index in [2.05, 4.69) is 31.9 Å². The normalized spacial score (nSPS) is 19.3. The van der Waals surface area contributed by atoms with E-state index in [1.807, 2.05) is 18.2 Å².